The standard InChI is InChI=1S/C26H28N2O3/c1-30-22-12-5-3-8-18(22)16-19-9-7-11-21-24(19)27-28(26(29)17-14-15-17)25(21)20-10-4-6-13-23(20)31-2/h3-6,8,10,12-13,16-17,21,25H,7,9,11,14-15H2,1-2H3/b19-16+/t21-,25-/m1/s1. The highest BCUT2D eigenvalue weighted by molar-refractivity contribution is 6.08. The Morgan fingerprint density at radius 2 is 1.71 bits per heavy atom. The minimum atomic E-state index is -0.111. The number of carbonyl (C=O) groups is 1. The molecule has 5 heteroatoms. The number of carbonyl (C=O) groups excluding carboxylic acids is 1. The Hall–Kier alpha value is -3.08. The van der Waals surface area contributed by atoms with Crippen molar-refractivity contribution in [1.82, 2.24) is 5.01 Å². The van der Waals surface area contributed by atoms with Crippen LogP contribution in [0.1, 0.15) is 49.3 Å². The molecule has 1 amide bonds. The van der Waals surface area contributed by atoms with Crippen molar-refractivity contribution in [3.05, 3.63) is 65.2 Å². The summed E-state index contributed by atoms with van der Waals surface area (Å²) in [5.41, 5.74) is 4.33. The number of hydrogen-bond acceptors (Lipinski definition) is 4. The summed E-state index contributed by atoms with van der Waals surface area (Å²) in [4.78, 5) is 13.2. The topological polar surface area (TPSA) is 51.1 Å². The molecule has 3 aliphatic rings. The van der Waals surface area contributed by atoms with Crippen molar-refractivity contribution in [2.75, 3.05) is 14.2 Å². The molecule has 160 valence electrons. The highest BCUT2D eigenvalue weighted by Gasteiger charge is 2.47. The summed E-state index contributed by atoms with van der Waals surface area (Å²) < 4.78 is 11.2. The van der Waals surface area contributed by atoms with Gasteiger partial charge >= 0.3 is 0 Å². The van der Waals surface area contributed by atoms with Gasteiger partial charge in [0.25, 0.3) is 0 Å². The van der Waals surface area contributed by atoms with Crippen LogP contribution in [0, 0.1) is 11.8 Å². The van der Waals surface area contributed by atoms with Gasteiger partial charge in [-0.3, -0.25) is 4.79 Å². The zero-order valence-corrected chi connectivity index (χ0v) is 18.1. The van der Waals surface area contributed by atoms with Crippen molar-refractivity contribution < 1.29 is 14.3 Å². The van der Waals surface area contributed by atoms with Gasteiger partial charge in [-0.15, -0.1) is 0 Å². The lowest BCUT2D eigenvalue weighted by molar-refractivity contribution is -0.135. The lowest BCUT2D eigenvalue weighted by atomic mass is 9.77. The Kier molecular flexibility index (Phi) is 5.26. The second kappa shape index (κ2) is 8.22. The van der Waals surface area contributed by atoms with Gasteiger partial charge in [-0.05, 0) is 55.9 Å². The van der Waals surface area contributed by atoms with Gasteiger partial charge in [-0.2, -0.15) is 5.10 Å². The number of ether oxygens (including phenoxy) is 2. The maximum absolute atomic E-state index is 13.2. The van der Waals surface area contributed by atoms with Crippen LogP contribution in [0.15, 0.2) is 59.2 Å². The number of benzene rings is 2. The molecule has 2 saturated carbocycles. The molecule has 0 saturated heterocycles. The average molecular weight is 417 g/mol. The van der Waals surface area contributed by atoms with E-state index in [1.807, 2.05) is 36.4 Å². The first-order valence-corrected chi connectivity index (χ1v) is 11.1. The molecular formula is C26H28N2O3. The van der Waals surface area contributed by atoms with E-state index in [2.05, 4.69) is 18.2 Å². The average Bonchev–Trinajstić information content (AvgIpc) is 3.59. The molecule has 0 aromatic heterocycles. The van der Waals surface area contributed by atoms with Gasteiger partial charge in [0.2, 0.25) is 5.91 Å². The Labute approximate surface area is 183 Å². The summed E-state index contributed by atoms with van der Waals surface area (Å²) >= 11 is 0. The van der Waals surface area contributed by atoms with E-state index in [4.69, 9.17) is 14.6 Å². The van der Waals surface area contributed by atoms with Crippen LogP contribution in [0.5, 0.6) is 11.5 Å². The molecule has 5 rings (SSSR count). The number of hydrazone groups is 1. The van der Waals surface area contributed by atoms with Gasteiger partial charge in [0.15, 0.2) is 0 Å². The number of nitrogens with zero attached hydrogens (tertiary/aromatic N) is 2. The second-order valence-electron chi connectivity index (χ2n) is 8.54. The van der Waals surface area contributed by atoms with Crippen LogP contribution in [-0.2, 0) is 4.79 Å². The SMILES string of the molecule is COc1ccccc1/C=C1\CCC[C@@H]2C1=NN(C(=O)C1CC1)[C@@H]2c1ccccc1OC. The van der Waals surface area contributed by atoms with Gasteiger partial charge in [0.1, 0.15) is 11.5 Å². The van der Waals surface area contributed by atoms with Crippen molar-refractivity contribution in [2.45, 2.75) is 38.1 Å². The van der Waals surface area contributed by atoms with Crippen molar-refractivity contribution in [3.8, 4) is 11.5 Å². The number of allylic oxidation sites excluding steroid dienone is 1. The number of amides is 1. The fourth-order valence-corrected chi connectivity index (χ4v) is 4.89. The van der Waals surface area contributed by atoms with Crippen LogP contribution < -0.4 is 9.47 Å². The van der Waals surface area contributed by atoms with Gasteiger partial charge in [0.05, 0.1) is 26.0 Å². The largest absolute Gasteiger partial charge is 0.496 e. The monoisotopic (exact) mass is 416 g/mol. The number of para-hydroxylation sites is 2. The van der Waals surface area contributed by atoms with Crippen LogP contribution in [0.3, 0.4) is 0 Å². The normalized spacial score (nSPS) is 24.0. The van der Waals surface area contributed by atoms with Crippen LogP contribution in [0.2, 0.25) is 0 Å². The second-order valence-corrected chi connectivity index (χ2v) is 8.54. The highest BCUT2D eigenvalue weighted by Crippen LogP contribution is 2.48. The van der Waals surface area contributed by atoms with Crippen LogP contribution in [-0.4, -0.2) is 30.8 Å². The summed E-state index contributed by atoms with van der Waals surface area (Å²) in [6.07, 6.45) is 7.16. The van der Waals surface area contributed by atoms with Gasteiger partial charge in [-0.25, -0.2) is 5.01 Å². The first kappa shape index (κ1) is 19.9. The lowest BCUT2D eigenvalue weighted by Gasteiger charge is -2.30. The molecule has 0 spiro atoms. The van der Waals surface area contributed by atoms with E-state index >= 15 is 0 Å². The quantitative estimate of drug-likeness (QED) is 0.670. The lowest BCUT2D eigenvalue weighted by Crippen LogP contribution is -2.33. The summed E-state index contributed by atoms with van der Waals surface area (Å²) in [6.45, 7) is 0. The molecule has 0 radical (unpaired) electrons. The summed E-state index contributed by atoms with van der Waals surface area (Å²) in [6, 6.07) is 16.0. The molecule has 31 heavy (non-hydrogen) atoms. The van der Waals surface area contributed by atoms with Gasteiger partial charge in [-0.1, -0.05) is 36.4 Å². The molecule has 0 unspecified atom stereocenters. The molecule has 2 aromatic carbocycles. The Morgan fingerprint density at radius 3 is 2.45 bits per heavy atom. The maximum atomic E-state index is 13.2. The first-order valence-electron chi connectivity index (χ1n) is 11.1. The Morgan fingerprint density at radius 1 is 1.00 bits per heavy atom. The molecule has 0 bridgehead atoms. The zero-order valence-electron chi connectivity index (χ0n) is 18.1. The molecule has 1 aliphatic heterocycles. The van der Waals surface area contributed by atoms with E-state index in [9.17, 15) is 4.79 Å². The maximum Gasteiger partial charge on any atom is 0.246 e. The fourth-order valence-electron chi connectivity index (χ4n) is 4.89. The van der Waals surface area contributed by atoms with Crippen molar-refractivity contribution >= 4 is 17.7 Å². The van der Waals surface area contributed by atoms with E-state index in [0.717, 1.165) is 60.4 Å². The minimum absolute atomic E-state index is 0.111. The molecule has 2 aromatic rings. The van der Waals surface area contributed by atoms with Crippen molar-refractivity contribution in [2.24, 2.45) is 16.9 Å². The number of hydrogen-bond donors (Lipinski definition) is 0. The number of fused-ring (bicyclic) bond motifs is 1. The van der Waals surface area contributed by atoms with Crippen LogP contribution in [0.25, 0.3) is 6.08 Å². The highest BCUT2D eigenvalue weighted by atomic mass is 16.5. The summed E-state index contributed by atoms with van der Waals surface area (Å²) in [5, 5.41) is 6.75. The van der Waals surface area contributed by atoms with E-state index < -0.39 is 0 Å². The zero-order chi connectivity index (χ0) is 21.4. The van der Waals surface area contributed by atoms with Gasteiger partial charge in [0, 0.05) is 23.0 Å². The predicted molar refractivity (Wildman–Crippen MR) is 121 cm³/mol. The summed E-state index contributed by atoms with van der Waals surface area (Å²) in [7, 11) is 3.39. The van der Waals surface area contributed by atoms with E-state index in [0.29, 0.717) is 0 Å². The third-order valence-corrected chi connectivity index (χ3v) is 6.58. The van der Waals surface area contributed by atoms with Crippen molar-refractivity contribution in [3.63, 3.8) is 0 Å². The smallest absolute Gasteiger partial charge is 0.246 e. The number of methoxy groups -OCH3 is 2. The molecule has 5 nitrogen and oxygen atoms in total. The molecule has 2 fully saturated rings. The third-order valence-electron chi connectivity index (χ3n) is 6.58. The van der Waals surface area contributed by atoms with E-state index in [-0.39, 0.29) is 23.8 Å². The van der Waals surface area contributed by atoms with Crippen molar-refractivity contribution in [1.29, 1.82) is 0 Å². The third kappa shape index (κ3) is 3.62. The fraction of sp³-hybridized carbons (Fsp3) is 0.385. The van der Waals surface area contributed by atoms with Crippen LogP contribution >= 0.6 is 0 Å². The van der Waals surface area contributed by atoms with Crippen LogP contribution in [0.4, 0.5) is 0 Å². The van der Waals surface area contributed by atoms with E-state index in [1.165, 1.54) is 5.57 Å². The Bertz CT molecular complexity index is 1050. The number of rotatable bonds is 5. The molecule has 1 heterocycles. The minimum Gasteiger partial charge on any atom is -0.496 e. The molecule has 0 N–H and O–H groups in total. The van der Waals surface area contributed by atoms with Gasteiger partial charge < -0.3 is 9.47 Å². The first-order chi connectivity index (χ1) is 15.2. The molecule has 2 aliphatic carbocycles. The summed E-state index contributed by atoms with van der Waals surface area (Å²) in [5.74, 6) is 2.10. The predicted octanol–water partition coefficient (Wildman–Crippen LogP) is 5.24. The molecule has 2 atom stereocenters. The van der Waals surface area contributed by atoms with E-state index in [1.54, 1.807) is 19.2 Å². The Balaban J connectivity index is 1.58. The molecular weight excluding hydrogens is 388 g/mol.